The Labute approximate surface area is 216 Å². The second kappa shape index (κ2) is 10.4. The number of nitriles is 1. The van der Waals surface area contributed by atoms with Gasteiger partial charge in [-0.15, -0.1) is 0 Å². The number of hydrogen-bond donors (Lipinski definition) is 2. The molecule has 0 saturated heterocycles. The molecule has 6 heteroatoms. The van der Waals surface area contributed by atoms with Gasteiger partial charge in [0, 0.05) is 12.0 Å². The molecule has 1 amide bonds. The molecule has 1 unspecified atom stereocenters. The molecule has 0 aromatic heterocycles. The lowest BCUT2D eigenvalue weighted by molar-refractivity contribution is -0.130. The van der Waals surface area contributed by atoms with Crippen LogP contribution in [0.3, 0.4) is 0 Å². The molecule has 182 valence electrons. The average Bonchev–Trinajstić information content (AvgIpc) is 2.95. The third-order valence-electron chi connectivity index (χ3n) is 6.64. The Kier molecular flexibility index (Phi) is 6.69. The molecule has 2 atom stereocenters. The van der Waals surface area contributed by atoms with Crippen LogP contribution < -0.4 is 10.5 Å². The Hall–Kier alpha value is -4.89. The van der Waals surface area contributed by atoms with Crippen molar-refractivity contribution < 1.29 is 9.53 Å². The first-order chi connectivity index (χ1) is 18.0. The molecule has 1 heterocycles. The maximum Gasteiger partial charge on any atom is 0.237 e. The first-order valence-electron chi connectivity index (χ1n) is 12.1. The molecule has 5 rings (SSSR count). The molecule has 0 radical (unpaired) electrons. The molecular weight excluding hydrogens is 460 g/mol. The van der Waals surface area contributed by atoms with Gasteiger partial charge in [0.05, 0.1) is 24.1 Å². The van der Waals surface area contributed by atoms with Crippen LogP contribution in [0.4, 0.5) is 0 Å². The van der Waals surface area contributed by atoms with Gasteiger partial charge in [-0.1, -0.05) is 78.9 Å². The summed E-state index contributed by atoms with van der Waals surface area (Å²) in [5, 5.41) is 17.5. The molecule has 37 heavy (non-hydrogen) atoms. The minimum Gasteiger partial charge on any atom is -0.485 e. The van der Waals surface area contributed by atoms with Crippen molar-refractivity contribution in [2.24, 2.45) is 5.73 Å². The number of hydrogen-bond acceptors (Lipinski definition) is 4. The number of amides is 1. The van der Waals surface area contributed by atoms with Crippen LogP contribution in [0.25, 0.3) is 11.1 Å². The first-order valence-corrected chi connectivity index (χ1v) is 12.1. The summed E-state index contributed by atoms with van der Waals surface area (Å²) < 4.78 is 6.38. The van der Waals surface area contributed by atoms with Gasteiger partial charge in [-0.05, 0) is 46.5 Å². The molecular formula is C31H26N4O2. The predicted octanol–water partition coefficient (Wildman–Crippen LogP) is 5.75. The van der Waals surface area contributed by atoms with Crippen molar-refractivity contribution in [1.29, 1.82) is 10.7 Å². The summed E-state index contributed by atoms with van der Waals surface area (Å²) in [5.41, 5.74) is 10.9. The predicted molar refractivity (Wildman–Crippen MR) is 143 cm³/mol. The molecule has 0 aliphatic carbocycles. The molecule has 0 fully saturated rings. The summed E-state index contributed by atoms with van der Waals surface area (Å²) in [4.78, 5) is 15.4. The lowest BCUT2D eigenvalue weighted by atomic mass is 9.84. The highest BCUT2D eigenvalue weighted by Crippen LogP contribution is 2.44. The van der Waals surface area contributed by atoms with E-state index < -0.39 is 5.92 Å². The molecule has 1 aliphatic heterocycles. The fourth-order valence-electron chi connectivity index (χ4n) is 4.76. The fourth-order valence-corrected chi connectivity index (χ4v) is 4.76. The maximum atomic E-state index is 14.0. The van der Waals surface area contributed by atoms with Gasteiger partial charge in [0.15, 0.2) is 5.96 Å². The number of nitrogens with zero attached hydrogens (tertiary/aromatic N) is 2. The van der Waals surface area contributed by atoms with Gasteiger partial charge in [-0.3, -0.25) is 15.1 Å². The van der Waals surface area contributed by atoms with E-state index in [1.165, 1.54) is 4.90 Å². The fraction of sp³-hybridized carbons (Fsp3) is 0.129. The van der Waals surface area contributed by atoms with Gasteiger partial charge in [0.1, 0.15) is 11.9 Å². The molecule has 4 aromatic carbocycles. The second-order valence-corrected chi connectivity index (χ2v) is 9.05. The number of ether oxygens (including phenoxy) is 1. The molecule has 6 nitrogen and oxygen atoms in total. The van der Waals surface area contributed by atoms with Gasteiger partial charge >= 0.3 is 0 Å². The van der Waals surface area contributed by atoms with E-state index in [2.05, 4.69) is 6.07 Å². The lowest BCUT2D eigenvalue weighted by Gasteiger charge is -2.34. The summed E-state index contributed by atoms with van der Waals surface area (Å²) in [6, 6.07) is 34.7. The minimum absolute atomic E-state index is 0.210. The van der Waals surface area contributed by atoms with Crippen LogP contribution in [0, 0.1) is 16.7 Å². The first kappa shape index (κ1) is 23.8. The Morgan fingerprint density at radius 2 is 1.65 bits per heavy atom. The zero-order valence-electron chi connectivity index (χ0n) is 20.2. The summed E-state index contributed by atoms with van der Waals surface area (Å²) in [5.74, 6) is -0.483. The Bertz CT molecular complexity index is 1480. The monoisotopic (exact) mass is 486 g/mol. The highest BCUT2D eigenvalue weighted by molar-refractivity contribution is 5.98. The topological polar surface area (TPSA) is 103 Å². The number of benzene rings is 4. The number of carbonyl (C=O) groups excluding carboxylic acids is 1. The third-order valence-corrected chi connectivity index (χ3v) is 6.64. The van der Waals surface area contributed by atoms with E-state index in [1.807, 2.05) is 97.1 Å². The average molecular weight is 487 g/mol. The Morgan fingerprint density at radius 3 is 2.35 bits per heavy atom. The summed E-state index contributed by atoms with van der Waals surface area (Å²) in [6.07, 6.45) is 0.0942. The number of fused-ring (bicyclic) bond motifs is 1. The minimum atomic E-state index is -0.569. The molecule has 1 aliphatic rings. The van der Waals surface area contributed by atoms with Crippen molar-refractivity contribution >= 4 is 11.9 Å². The van der Waals surface area contributed by atoms with Crippen molar-refractivity contribution in [3.05, 3.63) is 125 Å². The van der Waals surface area contributed by atoms with E-state index >= 15 is 0 Å². The lowest BCUT2D eigenvalue weighted by Crippen LogP contribution is -2.44. The molecule has 0 spiro atoms. The van der Waals surface area contributed by atoms with Crippen molar-refractivity contribution in [3.63, 3.8) is 0 Å². The molecule has 3 N–H and O–H groups in total. The van der Waals surface area contributed by atoms with Crippen LogP contribution in [0.1, 0.15) is 40.7 Å². The Balaban J connectivity index is 1.56. The third kappa shape index (κ3) is 5.07. The van der Waals surface area contributed by atoms with Crippen LogP contribution in [0.5, 0.6) is 5.75 Å². The normalized spacial score (nSPS) is 16.1. The highest BCUT2D eigenvalue weighted by Gasteiger charge is 2.37. The molecule has 0 saturated carbocycles. The second-order valence-electron chi connectivity index (χ2n) is 9.05. The van der Waals surface area contributed by atoms with E-state index in [9.17, 15) is 10.1 Å². The van der Waals surface area contributed by atoms with Gasteiger partial charge < -0.3 is 10.5 Å². The van der Waals surface area contributed by atoms with E-state index in [0.717, 1.165) is 27.8 Å². The van der Waals surface area contributed by atoms with Crippen molar-refractivity contribution in [3.8, 4) is 22.9 Å². The van der Waals surface area contributed by atoms with E-state index in [0.29, 0.717) is 17.7 Å². The molecule has 0 bridgehead atoms. The van der Waals surface area contributed by atoms with E-state index in [1.54, 1.807) is 6.07 Å². The number of rotatable bonds is 5. The summed E-state index contributed by atoms with van der Waals surface area (Å²) >= 11 is 0. The van der Waals surface area contributed by atoms with Gasteiger partial charge in [-0.2, -0.15) is 5.26 Å². The highest BCUT2D eigenvalue weighted by atomic mass is 16.5. The molecule has 4 aromatic rings. The smallest absolute Gasteiger partial charge is 0.237 e. The van der Waals surface area contributed by atoms with Gasteiger partial charge in [-0.25, -0.2) is 0 Å². The number of carbonyl (C=O) groups is 1. The standard InChI is InChI=1S/C31H26N4O2/c32-19-22-10-7-13-24(16-22)25-14-15-28-26(17-25)27(18-29(37-28)23-11-5-2-6-12-23)30(36)35(31(33)34)20-21-8-3-1-4-9-21/h1-17,27,29H,18,20H2,(H3,33,34)/t27?,29-/m0/s1. The van der Waals surface area contributed by atoms with Crippen LogP contribution in [-0.4, -0.2) is 16.8 Å². The van der Waals surface area contributed by atoms with E-state index in [-0.39, 0.29) is 24.5 Å². The Morgan fingerprint density at radius 1 is 0.946 bits per heavy atom. The number of nitrogens with one attached hydrogen (secondary N) is 1. The zero-order chi connectivity index (χ0) is 25.8. The quantitative estimate of drug-likeness (QED) is 0.277. The SMILES string of the molecule is N#Cc1cccc(-c2ccc3c(c2)C(C(=O)N(Cc2ccccc2)C(=N)N)C[C@@H](c2ccccc2)O3)c1. The zero-order valence-corrected chi connectivity index (χ0v) is 20.2. The number of nitrogens with two attached hydrogens (primary N) is 1. The van der Waals surface area contributed by atoms with Crippen LogP contribution in [-0.2, 0) is 11.3 Å². The number of guanidine groups is 1. The van der Waals surface area contributed by atoms with Crippen molar-refractivity contribution in [1.82, 2.24) is 4.90 Å². The van der Waals surface area contributed by atoms with E-state index in [4.69, 9.17) is 15.9 Å². The largest absolute Gasteiger partial charge is 0.485 e. The maximum absolute atomic E-state index is 14.0. The van der Waals surface area contributed by atoms with Crippen molar-refractivity contribution in [2.45, 2.75) is 25.0 Å². The van der Waals surface area contributed by atoms with Gasteiger partial charge in [0.2, 0.25) is 5.91 Å². The van der Waals surface area contributed by atoms with Crippen molar-refractivity contribution in [2.75, 3.05) is 0 Å². The van der Waals surface area contributed by atoms with Gasteiger partial charge in [0.25, 0.3) is 0 Å². The van der Waals surface area contributed by atoms with Crippen LogP contribution in [0.15, 0.2) is 103 Å². The summed E-state index contributed by atoms with van der Waals surface area (Å²) in [6.45, 7) is 0.210. The summed E-state index contributed by atoms with van der Waals surface area (Å²) in [7, 11) is 0. The van der Waals surface area contributed by atoms with Crippen LogP contribution >= 0.6 is 0 Å². The van der Waals surface area contributed by atoms with Crippen LogP contribution in [0.2, 0.25) is 0 Å².